The van der Waals surface area contributed by atoms with Gasteiger partial charge in [-0.2, -0.15) is 0 Å². The van der Waals surface area contributed by atoms with Gasteiger partial charge in [0.05, 0.1) is 11.1 Å². The van der Waals surface area contributed by atoms with Crippen molar-refractivity contribution >= 4 is 15.9 Å². The molecule has 0 radical (unpaired) electrons. The van der Waals surface area contributed by atoms with Crippen LogP contribution in [-0.4, -0.2) is 0 Å². The Morgan fingerprint density at radius 2 is 1.75 bits per heavy atom. The molecule has 0 aliphatic heterocycles. The Hall–Kier alpha value is -1.02. The molecule has 1 unspecified atom stereocenters. The van der Waals surface area contributed by atoms with Gasteiger partial charge >= 0.3 is 0 Å². The molecular formula is C14H15BrO. The Kier molecular flexibility index (Phi) is 3.20. The average molecular weight is 279 g/mol. The molecule has 1 aromatic heterocycles. The molecule has 16 heavy (non-hydrogen) atoms. The van der Waals surface area contributed by atoms with Gasteiger partial charge in [-0.1, -0.05) is 34.1 Å². The maximum atomic E-state index is 5.33. The summed E-state index contributed by atoms with van der Waals surface area (Å²) in [7, 11) is 0. The van der Waals surface area contributed by atoms with Crippen LogP contribution in [0.25, 0.3) is 0 Å². The number of hydrogen-bond donors (Lipinski definition) is 0. The minimum absolute atomic E-state index is 0.212. The molecule has 2 aromatic rings. The highest BCUT2D eigenvalue weighted by atomic mass is 79.9. The zero-order valence-corrected chi connectivity index (χ0v) is 11.3. The van der Waals surface area contributed by atoms with Crippen molar-refractivity contribution in [1.29, 1.82) is 0 Å². The first-order chi connectivity index (χ1) is 7.58. The van der Waals surface area contributed by atoms with E-state index < -0.39 is 0 Å². The topological polar surface area (TPSA) is 13.1 Å². The lowest BCUT2D eigenvalue weighted by molar-refractivity contribution is 0.532. The fourth-order valence-corrected chi connectivity index (χ4v) is 2.24. The number of halogens is 1. The van der Waals surface area contributed by atoms with Crippen LogP contribution in [0.1, 0.15) is 32.8 Å². The third-order valence-electron chi connectivity index (χ3n) is 2.87. The van der Waals surface area contributed by atoms with Gasteiger partial charge in [-0.05, 0) is 43.5 Å². The highest BCUT2D eigenvalue weighted by Crippen LogP contribution is 2.32. The van der Waals surface area contributed by atoms with E-state index in [1.54, 1.807) is 0 Å². The lowest BCUT2D eigenvalue weighted by atomic mass is 10.0. The van der Waals surface area contributed by atoms with Crippen LogP contribution < -0.4 is 0 Å². The molecule has 1 nitrogen and oxygen atoms in total. The zero-order chi connectivity index (χ0) is 11.7. The molecule has 0 saturated carbocycles. The van der Waals surface area contributed by atoms with Gasteiger partial charge < -0.3 is 4.42 Å². The molecule has 84 valence electrons. The molecule has 1 aromatic carbocycles. The van der Waals surface area contributed by atoms with Crippen molar-refractivity contribution in [2.45, 2.75) is 25.6 Å². The van der Waals surface area contributed by atoms with E-state index in [2.05, 4.69) is 54.0 Å². The summed E-state index contributed by atoms with van der Waals surface area (Å²) in [5.74, 6) is 0.947. The minimum atomic E-state index is 0.212. The smallest absolute Gasteiger partial charge is 0.101 e. The molecule has 2 heteroatoms. The maximum Gasteiger partial charge on any atom is 0.101 e. The van der Waals surface area contributed by atoms with Crippen molar-refractivity contribution in [3.05, 3.63) is 58.5 Å². The Balaban J connectivity index is 2.33. The molecule has 0 amide bonds. The van der Waals surface area contributed by atoms with Gasteiger partial charge in [0.25, 0.3) is 0 Å². The van der Waals surface area contributed by atoms with Gasteiger partial charge in [0.2, 0.25) is 0 Å². The van der Waals surface area contributed by atoms with Crippen LogP contribution in [0.5, 0.6) is 0 Å². The summed E-state index contributed by atoms with van der Waals surface area (Å²) < 4.78 is 5.33. The molecule has 0 aliphatic rings. The first-order valence-electron chi connectivity index (χ1n) is 5.34. The van der Waals surface area contributed by atoms with Crippen molar-refractivity contribution < 1.29 is 4.42 Å². The first-order valence-corrected chi connectivity index (χ1v) is 6.26. The third kappa shape index (κ3) is 2.22. The van der Waals surface area contributed by atoms with Crippen LogP contribution in [0.15, 0.2) is 34.9 Å². The highest BCUT2D eigenvalue weighted by Gasteiger charge is 2.12. The zero-order valence-electron chi connectivity index (χ0n) is 9.75. The molecule has 0 N–H and O–H groups in total. The monoisotopic (exact) mass is 278 g/mol. The van der Waals surface area contributed by atoms with Crippen LogP contribution in [0.2, 0.25) is 0 Å². The van der Waals surface area contributed by atoms with Crippen LogP contribution >= 0.6 is 15.9 Å². The molecular weight excluding hydrogens is 264 g/mol. The number of aryl methyl sites for hydroxylation is 3. The number of alkyl halides is 1. The normalized spacial score (nSPS) is 12.8. The summed E-state index contributed by atoms with van der Waals surface area (Å²) in [6.07, 6.45) is 1.81. The minimum Gasteiger partial charge on any atom is -0.469 e. The second-order valence-electron chi connectivity index (χ2n) is 4.20. The summed E-state index contributed by atoms with van der Waals surface area (Å²) >= 11 is 3.71. The second kappa shape index (κ2) is 4.46. The number of benzene rings is 1. The van der Waals surface area contributed by atoms with Crippen LogP contribution in [0.4, 0.5) is 0 Å². The summed E-state index contributed by atoms with van der Waals surface area (Å²) in [6, 6.07) is 8.60. The predicted octanol–water partition coefficient (Wildman–Crippen LogP) is 4.69. The first kappa shape index (κ1) is 11.5. The molecule has 1 heterocycles. The van der Waals surface area contributed by atoms with Gasteiger partial charge in [-0.15, -0.1) is 0 Å². The van der Waals surface area contributed by atoms with Crippen molar-refractivity contribution in [3.63, 3.8) is 0 Å². The quantitative estimate of drug-likeness (QED) is 0.727. The summed E-state index contributed by atoms with van der Waals surface area (Å²) in [6.45, 7) is 6.23. The summed E-state index contributed by atoms with van der Waals surface area (Å²) in [5.41, 5.74) is 5.08. The van der Waals surface area contributed by atoms with E-state index in [4.69, 9.17) is 4.42 Å². The maximum absolute atomic E-state index is 5.33. The predicted molar refractivity (Wildman–Crippen MR) is 70.1 cm³/mol. The van der Waals surface area contributed by atoms with Gasteiger partial charge in [0.1, 0.15) is 5.76 Å². The number of hydrogen-bond acceptors (Lipinski definition) is 1. The molecule has 0 aliphatic carbocycles. The Labute approximate surface area is 105 Å². The van der Waals surface area contributed by atoms with E-state index >= 15 is 0 Å². The van der Waals surface area contributed by atoms with Crippen molar-refractivity contribution in [2.75, 3.05) is 0 Å². The fourth-order valence-electron chi connectivity index (χ4n) is 1.71. The Morgan fingerprint density at radius 1 is 1.00 bits per heavy atom. The lowest BCUT2D eigenvalue weighted by Gasteiger charge is -2.10. The van der Waals surface area contributed by atoms with Gasteiger partial charge in [-0.25, -0.2) is 0 Å². The van der Waals surface area contributed by atoms with E-state index in [-0.39, 0.29) is 4.83 Å². The SMILES string of the molecule is Cc1cc(C(Br)c2ccc(C)c(C)c2)co1. The molecule has 0 saturated heterocycles. The van der Waals surface area contributed by atoms with Crippen molar-refractivity contribution in [2.24, 2.45) is 0 Å². The second-order valence-corrected chi connectivity index (χ2v) is 5.11. The average Bonchev–Trinajstić information content (AvgIpc) is 2.68. The highest BCUT2D eigenvalue weighted by molar-refractivity contribution is 9.09. The largest absolute Gasteiger partial charge is 0.469 e. The van der Waals surface area contributed by atoms with Crippen LogP contribution in [0.3, 0.4) is 0 Å². The fraction of sp³-hybridized carbons (Fsp3) is 0.286. The Morgan fingerprint density at radius 3 is 2.31 bits per heavy atom. The molecule has 2 rings (SSSR count). The van der Waals surface area contributed by atoms with E-state index in [1.165, 1.54) is 22.3 Å². The summed E-state index contributed by atoms with van der Waals surface area (Å²) in [5, 5.41) is 0. The third-order valence-corrected chi connectivity index (χ3v) is 3.92. The molecule has 0 bridgehead atoms. The van der Waals surface area contributed by atoms with Gasteiger partial charge in [0, 0.05) is 5.56 Å². The standard InChI is InChI=1S/C14H15BrO/c1-9-4-5-12(6-10(9)2)14(15)13-7-11(3)16-8-13/h4-8,14H,1-3H3. The molecule has 1 atom stereocenters. The number of furan rings is 1. The van der Waals surface area contributed by atoms with E-state index in [1.807, 2.05) is 13.2 Å². The number of rotatable bonds is 2. The van der Waals surface area contributed by atoms with Crippen molar-refractivity contribution in [3.8, 4) is 0 Å². The van der Waals surface area contributed by atoms with Crippen LogP contribution in [0, 0.1) is 20.8 Å². The summed E-state index contributed by atoms with van der Waals surface area (Å²) in [4.78, 5) is 0.212. The lowest BCUT2D eigenvalue weighted by Crippen LogP contribution is -1.92. The van der Waals surface area contributed by atoms with Crippen LogP contribution in [-0.2, 0) is 0 Å². The molecule has 0 fully saturated rings. The van der Waals surface area contributed by atoms with E-state index in [9.17, 15) is 0 Å². The van der Waals surface area contributed by atoms with Gasteiger partial charge in [-0.3, -0.25) is 0 Å². The van der Waals surface area contributed by atoms with E-state index in [0.717, 1.165) is 5.76 Å². The Bertz CT molecular complexity index is 499. The molecule has 0 spiro atoms. The van der Waals surface area contributed by atoms with Crippen molar-refractivity contribution in [1.82, 2.24) is 0 Å². The van der Waals surface area contributed by atoms with Gasteiger partial charge in [0.15, 0.2) is 0 Å². The van der Waals surface area contributed by atoms with E-state index in [0.29, 0.717) is 0 Å².